The van der Waals surface area contributed by atoms with E-state index in [-0.39, 0.29) is 0 Å². The number of hydrogen-bond donors (Lipinski definition) is 1. The number of rotatable bonds is 7. The number of benzene rings is 1. The third-order valence-electron chi connectivity index (χ3n) is 4.27. The van der Waals surface area contributed by atoms with E-state index in [0.717, 1.165) is 31.6 Å². The Morgan fingerprint density at radius 1 is 1.21 bits per heavy atom. The van der Waals surface area contributed by atoms with Crippen LogP contribution in [0.4, 0.5) is 0 Å². The Labute approximate surface area is 143 Å². The predicted molar refractivity (Wildman–Crippen MR) is 96.3 cm³/mol. The lowest BCUT2D eigenvalue weighted by atomic mass is 9.90. The Kier molecular flexibility index (Phi) is 5.85. The molecule has 1 unspecified atom stereocenters. The van der Waals surface area contributed by atoms with E-state index < -0.39 is 0 Å². The third-order valence-corrected chi connectivity index (χ3v) is 4.27. The van der Waals surface area contributed by atoms with Crippen LogP contribution in [0, 0.1) is 0 Å². The molecule has 3 rings (SSSR count). The monoisotopic (exact) mass is 324 g/mol. The lowest BCUT2D eigenvalue weighted by molar-refractivity contribution is 0.292. The molecule has 24 heavy (non-hydrogen) atoms. The average Bonchev–Trinajstić information content (AvgIpc) is 2.66. The summed E-state index contributed by atoms with van der Waals surface area (Å²) in [6.45, 7) is 1.48. The molecule has 0 spiro atoms. The lowest BCUT2D eigenvalue weighted by Crippen LogP contribution is -2.33. The first-order chi connectivity index (χ1) is 11.8. The van der Waals surface area contributed by atoms with Gasteiger partial charge in [0.2, 0.25) is 5.88 Å². The Morgan fingerprint density at radius 2 is 2.17 bits per heavy atom. The van der Waals surface area contributed by atoms with Gasteiger partial charge in [-0.05, 0) is 48.6 Å². The molecule has 1 aromatic carbocycles. The minimum atomic E-state index is 0.520. The molecule has 1 atom stereocenters. The summed E-state index contributed by atoms with van der Waals surface area (Å²) in [6.07, 6.45) is 7.37. The average molecular weight is 324 g/mol. The zero-order valence-corrected chi connectivity index (χ0v) is 14.1. The number of nitrogens with one attached hydrogen (secondary N) is 1. The number of hydrogen-bond acceptors (Lipinski definition) is 4. The summed E-state index contributed by atoms with van der Waals surface area (Å²) in [5.41, 5.74) is 2.68. The first-order valence-electron chi connectivity index (χ1n) is 8.46. The minimum Gasteiger partial charge on any atom is -0.497 e. The van der Waals surface area contributed by atoms with Crippen LogP contribution in [0.1, 0.15) is 24.8 Å². The molecule has 1 aliphatic rings. The summed E-state index contributed by atoms with van der Waals surface area (Å²) in [5.74, 6) is 1.60. The summed E-state index contributed by atoms with van der Waals surface area (Å²) in [4.78, 5) is 4.15. The zero-order chi connectivity index (χ0) is 16.6. The number of ether oxygens (including phenoxy) is 2. The van der Waals surface area contributed by atoms with E-state index in [0.29, 0.717) is 18.5 Å². The van der Waals surface area contributed by atoms with Crippen molar-refractivity contribution in [1.29, 1.82) is 0 Å². The summed E-state index contributed by atoms with van der Waals surface area (Å²) in [6, 6.07) is 14.5. The molecule has 0 fully saturated rings. The van der Waals surface area contributed by atoms with E-state index in [9.17, 15) is 0 Å². The number of nitrogens with zero attached hydrogens (tertiary/aromatic N) is 1. The molecule has 1 aliphatic carbocycles. The Balaban J connectivity index is 1.43. The van der Waals surface area contributed by atoms with Crippen molar-refractivity contribution in [2.75, 3.05) is 20.3 Å². The van der Waals surface area contributed by atoms with E-state index in [1.54, 1.807) is 13.3 Å². The molecule has 1 heterocycles. The molecule has 0 radical (unpaired) electrons. The van der Waals surface area contributed by atoms with Crippen molar-refractivity contribution in [3.05, 3.63) is 60.3 Å². The molecule has 0 amide bonds. The summed E-state index contributed by atoms with van der Waals surface area (Å²) in [7, 11) is 1.71. The van der Waals surface area contributed by atoms with Gasteiger partial charge in [-0.1, -0.05) is 24.3 Å². The molecule has 4 heteroatoms. The van der Waals surface area contributed by atoms with Gasteiger partial charge in [0.05, 0.1) is 7.11 Å². The van der Waals surface area contributed by atoms with Gasteiger partial charge in [-0.25, -0.2) is 4.98 Å². The van der Waals surface area contributed by atoms with Gasteiger partial charge in [0, 0.05) is 24.8 Å². The van der Waals surface area contributed by atoms with Crippen LogP contribution in [0.2, 0.25) is 0 Å². The van der Waals surface area contributed by atoms with Crippen molar-refractivity contribution in [1.82, 2.24) is 10.3 Å². The maximum Gasteiger partial charge on any atom is 0.213 e. The molecule has 0 saturated heterocycles. The standard InChI is InChI=1S/C20H24N2O2/c1-23-19-6-4-5-17(15-19)16-8-10-18(11-9-16)21-13-14-24-20-7-2-3-12-22-20/h2-8,12,15,18,21H,9-11,13-14H2,1H3. The van der Waals surface area contributed by atoms with Crippen molar-refractivity contribution in [3.8, 4) is 11.6 Å². The van der Waals surface area contributed by atoms with Gasteiger partial charge in [-0.3, -0.25) is 0 Å². The van der Waals surface area contributed by atoms with E-state index in [1.165, 1.54) is 11.1 Å². The van der Waals surface area contributed by atoms with E-state index in [4.69, 9.17) is 9.47 Å². The fourth-order valence-electron chi connectivity index (χ4n) is 2.96. The van der Waals surface area contributed by atoms with E-state index >= 15 is 0 Å². The second kappa shape index (κ2) is 8.50. The molecule has 1 aromatic heterocycles. The zero-order valence-electron chi connectivity index (χ0n) is 14.1. The molecular formula is C20H24N2O2. The lowest BCUT2D eigenvalue weighted by Gasteiger charge is -2.23. The number of allylic oxidation sites excluding steroid dienone is 1. The molecule has 0 aliphatic heterocycles. The minimum absolute atomic E-state index is 0.520. The highest BCUT2D eigenvalue weighted by atomic mass is 16.5. The maximum atomic E-state index is 5.61. The summed E-state index contributed by atoms with van der Waals surface area (Å²) < 4.78 is 10.9. The SMILES string of the molecule is COc1cccc(C2=CCC(NCCOc3ccccn3)CC2)c1. The molecule has 2 aromatic rings. The van der Waals surface area contributed by atoms with Gasteiger partial charge < -0.3 is 14.8 Å². The van der Waals surface area contributed by atoms with Crippen molar-refractivity contribution >= 4 is 5.57 Å². The molecule has 0 bridgehead atoms. The molecule has 1 N–H and O–H groups in total. The van der Waals surface area contributed by atoms with Crippen LogP contribution in [-0.4, -0.2) is 31.3 Å². The predicted octanol–water partition coefficient (Wildman–Crippen LogP) is 3.69. The molecule has 126 valence electrons. The second-order valence-electron chi connectivity index (χ2n) is 5.90. The van der Waals surface area contributed by atoms with Gasteiger partial charge >= 0.3 is 0 Å². The second-order valence-corrected chi connectivity index (χ2v) is 5.90. The third kappa shape index (κ3) is 4.59. The summed E-state index contributed by atoms with van der Waals surface area (Å²) >= 11 is 0. The van der Waals surface area contributed by atoms with Crippen molar-refractivity contribution in [2.45, 2.75) is 25.3 Å². The van der Waals surface area contributed by atoms with Gasteiger partial charge in [0.1, 0.15) is 12.4 Å². The first kappa shape index (κ1) is 16.5. The first-order valence-corrected chi connectivity index (χ1v) is 8.46. The Hall–Kier alpha value is -2.33. The van der Waals surface area contributed by atoms with Crippen LogP contribution in [-0.2, 0) is 0 Å². The highest BCUT2D eigenvalue weighted by Gasteiger charge is 2.15. The summed E-state index contributed by atoms with van der Waals surface area (Å²) in [5, 5.41) is 3.56. The smallest absolute Gasteiger partial charge is 0.213 e. The van der Waals surface area contributed by atoms with Gasteiger partial charge in [-0.15, -0.1) is 0 Å². The van der Waals surface area contributed by atoms with Crippen molar-refractivity contribution < 1.29 is 9.47 Å². The Morgan fingerprint density at radius 3 is 2.92 bits per heavy atom. The van der Waals surface area contributed by atoms with Crippen LogP contribution in [0.25, 0.3) is 5.57 Å². The van der Waals surface area contributed by atoms with E-state index in [1.807, 2.05) is 30.3 Å². The maximum absolute atomic E-state index is 5.61. The van der Waals surface area contributed by atoms with Crippen molar-refractivity contribution in [3.63, 3.8) is 0 Å². The van der Waals surface area contributed by atoms with Crippen LogP contribution in [0.3, 0.4) is 0 Å². The number of aromatic nitrogens is 1. The topological polar surface area (TPSA) is 43.4 Å². The number of pyridine rings is 1. The molecule has 0 saturated carbocycles. The highest BCUT2D eigenvalue weighted by molar-refractivity contribution is 5.67. The van der Waals surface area contributed by atoms with Gasteiger partial charge in [0.25, 0.3) is 0 Å². The van der Waals surface area contributed by atoms with Gasteiger partial charge in [0.15, 0.2) is 0 Å². The molecular weight excluding hydrogens is 300 g/mol. The highest BCUT2D eigenvalue weighted by Crippen LogP contribution is 2.28. The largest absolute Gasteiger partial charge is 0.497 e. The van der Waals surface area contributed by atoms with Crippen molar-refractivity contribution in [2.24, 2.45) is 0 Å². The number of methoxy groups -OCH3 is 1. The van der Waals surface area contributed by atoms with Crippen LogP contribution < -0.4 is 14.8 Å². The van der Waals surface area contributed by atoms with Gasteiger partial charge in [-0.2, -0.15) is 0 Å². The molecule has 4 nitrogen and oxygen atoms in total. The van der Waals surface area contributed by atoms with Crippen LogP contribution in [0.5, 0.6) is 11.6 Å². The fourth-order valence-corrected chi connectivity index (χ4v) is 2.96. The fraction of sp³-hybridized carbons (Fsp3) is 0.350. The Bertz CT molecular complexity index is 670. The quantitative estimate of drug-likeness (QED) is 0.789. The van der Waals surface area contributed by atoms with Crippen LogP contribution in [0.15, 0.2) is 54.7 Å². The normalized spacial score (nSPS) is 17.2. The van der Waals surface area contributed by atoms with E-state index in [2.05, 4.69) is 28.5 Å². The van der Waals surface area contributed by atoms with Crippen LogP contribution >= 0.6 is 0 Å².